The zero-order chi connectivity index (χ0) is 8.27. The van der Waals surface area contributed by atoms with Gasteiger partial charge in [0, 0.05) is 10.8 Å². The van der Waals surface area contributed by atoms with E-state index >= 15 is 0 Å². The van der Waals surface area contributed by atoms with Gasteiger partial charge in [0.05, 0.1) is 0 Å². The van der Waals surface area contributed by atoms with E-state index in [1.54, 1.807) is 0 Å². The Morgan fingerprint density at radius 2 is 1.91 bits per heavy atom. The predicted octanol–water partition coefficient (Wildman–Crippen LogP) is 1.00. The first-order chi connectivity index (χ1) is 5.20. The first kappa shape index (κ1) is 8.78. The van der Waals surface area contributed by atoms with Gasteiger partial charge in [-0.3, -0.25) is 0 Å². The van der Waals surface area contributed by atoms with Gasteiger partial charge in [0.15, 0.2) is 0 Å². The van der Waals surface area contributed by atoms with Crippen molar-refractivity contribution in [1.82, 2.24) is 0 Å². The van der Waals surface area contributed by atoms with Gasteiger partial charge in [0.1, 0.15) is 0 Å². The summed E-state index contributed by atoms with van der Waals surface area (Å²) in [6.45, 7) is 0. The molecule has 0 atom stereocenters. The Morgan fingerprint density at radius 1 is 1.27 bits per heavy atom. The van der Waals surface area contributed by atoms with Crippen molar-refractivity contribution in [3.63, 3.8) is 0 Å². The van der Waals surface area contributed by atoms with Crippen LogP contribution in [0.2, 0.25) is 0 Å². The van der Waals surface area contributed by atoms with E-state index in [0.29, 0.717) is 0 Å². The number of benzene rings is 1. The molecule has 11 heavy (non-hydrogen) atoms. The molecule has 2 nitrogen and oxygen atoms in total. The van der Waals surface area contributed by atoms with Gasteiger partial charge in [-0.25, -0.2) is 0 Å². The molecule has 0 fully saturated rings. The number of hydrogen-bond donors (Lipinski definition) is 2. The molecule has 1 aromatic rings. The molecule has 0 spiro atoms. The lowest BCUT2D eigenvalue weighted by Crippen LogP contribution is -2.15. The molecular formula is C7H8BBrO2. The van der Waals surface area contributed by atoms with Crippen molar-refractivity contribution in [2.45, 2.75) is 6.32 Å². The fraction of sp³-hybridized carbons (Fsp3) is 0.143. The van der Waals surface area contributed by atoms with Crippen LogP contribution in [0.25, 0.3) is 0 Å². The predicted molar refractivity (Wildman–Crippen MR) is 48.0 cm³/mol. The van der Waals surface area contributed by atoms with Crippen molar-refractivity contribution in [3.05, 3.63) is 34.3 Å². The van der Waals surface area contributed by atoms with E-state index in [0.717, 1.165) is 10.0 Å². The number of hydrogen-bond acceptors (Lipinski definition) is 2. The van der Waals surface area contributed by atoms with Gasteiger partial charge < -0.3 is 10.0 Å². The van der Waals surface area contributed by atoms with E-state index in [1.165, 1.54) is 0 Å². The topological polar surface area (TPSA) is 40.5 Å². The third-order valence-electron chi connectivity index (χ3n) is 1.36. The summed E-state index contributed by atoms with van der Waals surface area (Å²) in [6, 6.07) is 7.47. The second kappa shape index (κ2) is 3.90. The van der Waals surface area contributed by atoms with Crippen LogP contribution in [0.15, 0.2) is 28.7 Å². The molecule has 0 aliphatic carbocycles. The van der Waals surface area contributed by atoms with Crippen LogP contribution < -0.4 is 0 Å². The van der Waals surface area contributed by atoms with E-state index in [2.05, 4.69) is 15.9 Å². The Morgan fingerprint density at radius 3 is 2.45 bits per heavy atom. The van der Waals surface area contributed by atoms with E-state index < -0.39 is 7.12 Å². The molecule has 1 rings (SSSR count). The van der Waals surface area contributed by atoms with Gasteiger partial charge >= 0.3 is 7.12 Å². The van der Waals surface area contributed by atoms with Crippen LogP contribution in [0.4, 0.5) is 0 Å². The second-order valence-corrected chi connectivity index (χ2v) is 3.13. The third-order valence-corrected chi connectivity index (χ3v) is 2.13. The van der Waals surface area contributed by atoms with Crippen LogP contribution in [-0.2, 0) is 6.32 Å². The molecule has 0 amide bonds. The summed E-state index contributed by atoms with van der Waals surface area (Å²) in [5.74, 6) is 0. The van der Waals surface area contributed by atoms with E-state index in [1.807, 2.05) is 24.3 Å². The minimum Gasteiger partial charge on any atom is -0.427 e. The van der Waals surface area contributed by atoms with Crippen LogP contribution in [0.1, 0.15) is 5.56 Å². The molecule has 0 aliphatic heterocycles. The maximum absolute atomic E-state index is 8.66. The van der Waals surface area contributed by atoms with Crippen LogP contribution in [-0.4, -0.2) is 17.2 Å². The van der Waals surface area contributed by atoms with Crippen molar-refractivity contribution >= 4 is 23.0 Å². The molecule has 0 bridgehead atoms. The maximum Gasteiger partial charge on any atom is 0.456 e. The first-order valence-corrected chi connectivity index (χ1v) is 4.09. The van der Waals surface area contributed by atoms with Gasteiger partial charge in [0.2, 0.25) is 0 Å². The Hall–Kier alpha value is -0.315. The van der Waals surface area contributed by atoms with Crippen LogP contribution >= 0.6 is 15.9 Å². The standard InChI is InChI=1S/C7H8BBrO2/c9-7-4-2-1-3-6(7)5-8(10)11/h1-4,10-11H,5H2. The molecule has 4 heteroatoms. The average Bonchev–Trinajstić information content (AvgIpc) is 1.93. The van der Waals surface area contributed by atoms with Crippen LogP contribution in [0, 0.1) is 0 Å². The number of rotatable bonds is 2. The lowest BCUT2D eigenvalue weighted by molar-refractivity contribution is 0.405. The van der Waals surface area contributed by atoms with Gasteiger partial charge in [-0.1, -0.05) is 34.1 Å². The Balaban J connectivity index is 2.78. The highest BCUT2D eigenvalue weighted by atomic mass is 79.9. The molecule has 2 N–H and O–H groups in total. The van der Waals surface area contributed by atoms with Crippen molar-refractivity contribution in [3.8, 4) is 0 Å². The third kappa shape index (κ3) is 2.65. The summed E-state index contributed by atoms with van der Waals surface area (Å²) in [4.78, 5) is 0. The summed E-state index contributed by atoms with van der Waals surface area (Å²) in [7, 11) is -1.27. The largest absolute Gasteiger partial charge is 0.456 e. The zero-order valence-electron chi connectivity index (χ0n) is 5.87. The number of halogens is 1. The SMILES string of the molecule is OB(O)Cc1ccccc1Br. The van der Waals surface area contributed by atoms with E-state index in [9.17, 15) is 0 Å². The Labute approximate surface area is 74.1 Å². The molecule has 0 saturated heterocycles. The fourth-order valence-electron chi connectivity index (χ4n) is 0.861. The second-order valence-electron chi connectivity index (χ2n) is 2.28. The summed E-state index contributed by atoms with van der Waals surface area (Å²) in [5.41, 5.74) is 0.905. The zero-order valence-corrected chi connectivity index (χ0v) is 7.45. The maximum atomic E-state index is 8.66. The van der Waals surface area contributed by atoms with E-state index in [-0.39, 0.29) is 6.32 Å². The molecule has 0 heterocycles. The highest BCUT2D eigenvalue weighted by Gasteiger charge is 2.09. The van der Waals surface area contributed by atoms with Crippen LogP contribution in [0.3, 0.4) is 0 Å². The molecular weight excluding hydrogens is 207 g/mol. The molecule has 0 aliphatic rings. The Bertz CT molecular complexity index is 240. The lowest BCUT2D eigenvalue weighted by atomic mass is 9.82. The van der Waals surface area contributed by atoms with Gasteiger partial charge in [-0.2, -0.15) is 0 Å². The highest BCUT2D eigenvalue weighted by molar-refractivity contribution is 9.10. The normalized spacial score (nSPS) is 9.73. The quantitative estimate of drug-likeness (QED) is 0.722. The van der Waals surface area contributed by atoms with Crippen molar-refractivity contribution in [2.75, 3.05) is 0 Å². The summed E-state index contributed by atoms with van der Waals surface area (Å²) in [5, 5.41) is 17.3. The van der Waals surface area contributed by atoms with E-state index in [4.69, 9.17) is 10.0 Å². The smallest absolute Gasteiger partial charge is 0.427 e. The molecule has 0 saturated carbocycles. The lowest BCUT2D eigenvalue weighted by Gasteiger charge is -2.01. The summed E-state index contributed by atoms with van der Waals surface area (Å²) >= 11 is 3.30. The van der Waals surface area contributed by atoms with Gasteiger partial charge in [0.25, 0.3) is 0 Å². The summed E-state index contributed by atoms with van der Waals surface area (Å²) in [6.07, 6.45) is 0.265. The molecule has 0 aromatic heterocycles. The monoisotopic (exact) mass is 214 g/mol. The molecule has 58 valence electrons. The molecule has 0 unspecified atom stereocenters. The van der Waals surface area contributed by atoms with Crippen molar-refractivity contribution in [2.24, 2.45) is 0 Å². The molecule has 0 radical (unpaired) electrons. The minimum atomic E-state index is -1.27. The fourth-order valence-corrected chi connectivity index (χ4v) is 1.31. The van der Waals surface area contributed by atoms with Gasteiger partial charge in [-0.15, -0.1) is 0 Å². The molecule has 1 aromatic carbocycles. The van der Waals surface area contributed by atoms with Gasteiger partial charge in [-0.05, 0) is 11.6 Å². The van der Waals surface area contributed by atoms with Crippen molar-refractivity contribution in [1.29, 1.82) is 0 Å². The highest BCUT2D eigenvalue weighted by Crippen LogP contribution is 2.16. The van der Waals surface area contributed by atoms with Crippen molar-refractivity contribution < 1.29 is 10.0 Å². The Kier molecular flexibility index (Phi) is 3.11. The average molecular weight is 215 g/mol. The minimum absolute atomic E-state index is 0.265. The summed E-state index contributed by atoms with van der Waals surface area (Å²) < 4.78 is 0.910. The van der Waals surface area contributed by atoms with Crippen LogP contribution in [0.5, 0.6) is 0 Å². The first-order valence-electron chi connectivity index (χ1n) is 3.29.